The van der Waals surface area contributed by atoms with Crippen molar-refractivity contribution in [2.45, 2.75) is 117 Å². The monoisotopic (exact) mass is 452 g/mol. The van der Waals surface area contributed by atoms with Crippen LogP contribution in [0, 0.1) is 52.3 Å². The second-order valence-electron chi connectivity index (χ2n) is 13.1. The summed E-state index contributed by atoms with van der Waals surface area (Å²) in [5, 5.41) is 53.6. The molecular weight excluding hydrogens is 404 g/mol. The number of aliphatic hydroxyl groups excluding tert-OH is 5. The van der Waals surface area contributed by atoms with Crippen LogP contribution in [0.2, 0.25) is 0 Å². The van der Waals surface area contributed by atoms with Gasteiger partial charge < -0.3 is 25.5 Å². The lowest BCUT2D eigenvalue weighted by molar-refractivity contribution is -0.173. The van der Waals surface area contributed by atoms with Crippen LogP contribution in [0.4, 0.5) is 0 Å². The lowest BCUT2D eigenvalue weighted by Gasteiger charge is -2.62. The van der Waals surface area contributed by atoms with E-state index in [0.717, 1.165) is 44.9 Å². The quantitative estimate of drug-likeness (QED) is 0.440. The van der Waals surface area contributed by atoms with Crippen molar-refractivity contribution >= 4 is 0 Å². The van der Waals surface area contributed by atoms with E-state index in [1.807, 2.05) is 13.8 Å². The van der Waals surface area contributed by atoms with E-state index in [9.17, 15) is 25.5 Å². The van der Waals surface area contributed by atoms with Gasteiger partial charge in [0.1, 0.15) is 0 Å². The van der Waals surface area contributed by atoms with Crippen molar-refractivity contribution in [1.29, 1.82) is 0 Å². The van der Waals surface area contributed by atoms with Crippen LogP contribution in [0.15, 0.2) is 0 Å². The minimum Gasteiger partial charge on any atom is -0.393 e. The Hall–Kier alpha value is -0.200. The highest BCUT2D eigenvalue weighted by molar-refractivity contribution is 5.13. The van der Waals surface area contributed by atoms with E-state index in [0.29, 0.717) is 24.2 Å². The van der Waals surface area contributed by atoms with E-state index >= 15 is 0 Å². The number of hydrogen-bond acceptors (Lipinski definition) is 5. The van der Waals surface area contributed by atoms with Crippen LogP contribution in [0.25, 0.3) is 0 Å². The zero-order chi connectivity index (χ0) is 23.6. The molecule has 0 radical (unpaired) electrons. The zero-order valence-corrected chi connectivity index (χ0v) is 20.8. The Labute approximate surface area is 194 Å². The predicted octanol–water partition coefficient (Wildman–Crippen LogP) is 3.35. The Bertz CT molecular complexity index is 668. The maximum absolute atomic E-state index is 11.3. The maximum Gasteiger partial charge on any atom is 0.0822 e. The second-order valence-corrected chi connectivity index (χ2v) is 13.1. The Morgan fingerprint density at radius 1 is 0.781 bits per heavy atom. The Morgan fingerprint density at radius 2 is 1.44 bits per heavy atom. The van der Waals surface area contributed by atoms with E-state index in [4.69, 9.17) is 0 Å². The normalized spacial score (nSPS) is 51.5. The number of aliphatic hydroxyl groups is 5. The smallest absolute Gasteiger partial charge is 0.0822 e. The zero-order valence-electron chi connectivity index (χ0n) is 20.8. The molecule has 0 bridgehead atoms. The van der Waals surface area contributed by atoms with Gasteiger partial charge in [-0.05, 0) is 104 Å². The molecule has 5 heteroatoms. The molecular formula is C27H48O5. The fraction of sp³-hybridized carbons (Fsp3) is 1.00. The van der Waals surface area contributed by atoms with Gasteiger partial charge in [-0.25, -0.2) is 0 Å². The van der Waals surface area contributed by atoms with Gasteiger partial charge in [-0.1, -0.05) is 34.6 Å². The van der Waals surface area contributed by atoms with Gasteiger partial charge in [0, 0.05) is 0 Å². The van der Waals surface area contributed by atoms with Crippen LogP contribution in [-0.2, 0) is 0 Å². The lowest BCUT2D eigenvalue weighted by atomic mass is 9.43. The van der Waals surface area contributed by atoms with Gasteiger partial charge >= 0.3 is 0 Å². The summed E-state index contributed by atoms with van der Waals surface area (Å²) in [5.41, 5.74) is 0.0781. The van der Waals surface area contributed by atoms with Gasteiger partial charge in [-0.3, -0.25) is 0 Å². The van der Waals surface area contributed by atoms with Crippen molar-refractivity contribution in [3.63, 3.8) is 0 Å². The largest absolute Gasteiger partial charge is 0.393 e. The topological polar surface area (TPSA) is 101 Å². The van der Waals surface area contributed by atoms with Gasteiger partial charge in [-0.2, -0.15) is 0 Å². The first-order valence-corrected chi connectivity index (χ1v) is 13.3. The van der Waals surface area contributed by atoms with Crippen molar-refractivity contribution in [3.05, 3.63) is 0 Å². The molecule has 5 nitrogen and oxygen atoms in total. The molecule has 0 saturated heterocycles. The molecule has 4 fully saturated rings. The van der Waals surface area contributed by atoms with E-state index < -0.39 is 18.3 Å². The Balaban J connectivity index is 1.55. The predicted molar refractivity (Wildman–Crippen MR) is 125 cm³/mol. The number of fused-ring (bicyclic) bond motifs is 5. The highest BCUT2D eigenvalue weighted by Crippen LogP contribution is 2.68. The van der Waals surface area contributed by atoms with Gasteiger partial charge in [0.25, 0.3) is 0 Å². The summed E-state index contributed by atoms with van der Waals surface area (Å²) < 4.78 is 0. The Kier molecular flexibility index (Phi) is 6.84. The van der Waals surface area contributed by atoms with Crippen molar-refractivity contribution < 1.29 is 25.5 Å². The second kappa shape index (κ2) is 8.78. The van der Waals surface area contributed by atoms with E-state index in [-0.39, 0.29) is 46.7 Å². The van der Waals surface area contributed by atoms with Gasteiger partial charge in [0.05, 0.1) is 30.5 Å². The van der Waals surface area contributed by atoms with Gasteiger partial charge in [0.15, 0.2) is 0 Å². The van der Waals surface area contributed by atoms with Crippen molar-refractivity contribution in [2.24, 2.45) is 52.3 Å². The summed E-state index contributed by atoms with van der Waals surface area (Å²) in [4.78, 5) is 0. The van der Waals surface area contributed by atoms with Gasteiger partial charge in [0.2, 0.25) is 0 Å². The lowest BCUT2D eigenvalue weighted by Crippen LogP contribution is -2.58. The summed E-state index contributed by atoms with van der Waals surface area (Å²) in [6.07, 6.45) is 4.31. The molecule has 0 spiro atoms. The van der Waals surface area contributed by atoms with E-state index in [1.54, 1.807) is 0 Å². The SMILES string of the molecule is CC(C)[C@H](O)[C@H](O)C[C@@H](C)[C@H]1[C@@H](O)CC2C3C[C@@H](O)[C@H]4C[C@@H](O)CC[C@]4(C)C3CC[C@@]21C. The molecule has 0 heterocycles. The average Bonchev–Trinajstić information content (AvgIpc) is 2.99. The highest BCUT2D eigenvalue weighted by atomic mass is 16.3. The van der Waals surface area contributed by atoms with E-state index in [2.05, 4.69) is 20.8 Å². The minimum atomic E-state index is -0.763. The summed E-state index contributed by atoms with van der Waals surface area (Å²) in [6.45, 7) is 10.7. The summed E-state index contributed by atoms with van der Waals surface area (Å²) in [5.74, 6) is 1.78. The first-order valence-electron chi connectivity index (χ1n) is 13.3. The maximum atomic E-state index is 11.3. The first kappa shape index (κ1) is 24.9. The molecule has 0 aromatic carbocycles. The van der Waals surface area contributed by atoms with Crippen LogP contribution in [0.5, 0.6) is 0 Å². The molecule has 32 heavy (non-hydrogen) atoms. The van der Waals surface area contributed by atoms with Crippen molar-refractivity contribution in [1.82, 2.24) is 0 Å². The average molecular weight is 453 g/mol. The fourth-order valence-electron chi connectivity index (χ4n) is 9.47. The van der Waals surface area contributed by atoms with E-state index in [1.165, 1.54) is 0 Å². The first-order chi connectivity index (χ1) is 14.9. The summed E-state index contributed by atoms with van der Waals surface area (Å²) in [6, 6.07) is 0. The van der Waals surface area contributed by atoms with Crippen LogP contribution in [-0.4, -0.2) is 56.1 Å². The number of hydrogen-bond donors (Lipinski definition) is 5. The molecule has 4 saturated carbocycles. The van der Waals surface area contributed by atoms with Gasteiger partial charge in [-0.15, -0.1) is 0 Å². The highest BCUT2D eigenvalue weighted by Gasteiger charge is 2.64. The van der Waals surface area contributed by atoms with Crippen LogP contribution >= 0.6 is 0 Å². The third kappa shape index (κ3) is 3.88. The Morgan fingerprint density at radius 3 is 2.09 bits per heavy atom. The third-order valence-corrected chi connectivity index (χ3v) is 11.1. The third-order valence-electron chi connectivity index (χ3n) is 11.1. The molecule has 5 N–H and O–H groups in total. The standard InChI is InChI=1S/C27H48O5/c1-14(2)25(32)23(31)10-15(3)24-22(30)13-19-17-12-21(29)20-11-16(28)6-8-26(20,4)18(17)7-9-27(19,24)5/h14-25,28-32H,6-13H2,1-5H3/t15-,16+,17?,18?,19?,20-,21-,22+,23-,24+,25+,26-,27+/m1/s1. The van der Waals surface area contributed by atoms with Crippen molar-refractivity contribution in [2.75, 3.05) is 0 Å². The minimum absolute atomic E-state index is 0.000396. The molecule has 0 amide bonds. The van der Waals surface area contributed by atoms with Crippen LogP contribution < -0.4 is 0 Å². The molecule has 4 aliphatic carbocycles. The summed E-state index contributed by atoms with van der Waals surface area (Å²) >= 11 is 0. The van der Waals surface area contributed by atoms with Crippen LogP contribution in [0.1, 0.15) is 86.0 Å². The molecule has 186 valence electrons. The molecule has 0 aromatic rings. The van der Waals surface area contributed by atoms with Crippen LogP contribution in [0.3, 0.4) is 0 Å². The summed E-state index contributed by atoms with van der Waals surface area (Å²) in [7, 11) is 0. The molecule has 4 aliphatic rings. The molecule has 0 aromatic heterocycles. The van der Waals surface area contributed by atoms with Crippen molar-refractivity contribution in [3.8, 4) is 0 Å². The molecule has 3 unspecified atom stereocenters. The number of rotatable bonds is 5. The molecule has 0 aliphatic heterocycles. The fourth-order valence-corrected chi connectivity index (χ4v) is 9.47. The molecule has 13 atom stereocenters. The molecule has 4 rings (SSSR count).